The molecule has 0 N–H and O–H groups in total. The van der Waals surface area contributed by atoms with Crippen LogP contribution >= 0.6 is 15.9 Å². The first-order chi connectivity index (χ1) is 9.63. The number of aromatic nitrogens is 1. The molecule has 3 rings (SSSR count). The Morgan fingerprint density at radius 3 is 2.55 bits per heavy atom. The standard InChI is InChI=1S/C14H18BrN3O2/c15-11-1-4-13(19)18(9-11)10-14(20)17-7-5-16(6-8-17)12-2-3-12/h1,4,9,12H,2-3,5-8,10H2. The summed E-state index contributed by atoms with van der Waals surface area (Å²) < 4.78 is 2.27. The van der Waals surface area contributed by atoms with Crippen LogP contribution < -0.4 is 5.56 Å². The van der Waals surface area contributed by atoms with Gasteiger partial charge in [0.15, 0.2) is 0 Å². The second kappa shape index (κ2) is 5.69. The minimum atomic E-state index is -0.141. The van der Waals surface area contributed by atoms with Crippen LogP contribution in [0.2, 0.25) is 0 Å². The van der Waals surface area contributed by atoms with E-state index in [1.807, 2.05) is 4.90 Å². The van der Waals surface area contributed by atoms with Crippen LogP contribution in [0.1, 0.15) is 12.8 Å². The van der Waals surface area contributed by atoms with E-state index in [2.05, 4.69) is 20.8 Å². The van der Waals surface area contributed by atoms with Crippen LogP contribution in [-0.4, -0.2) is 52.5 Å². The van der Waals surface area contributed by atoms with Crippen molar-refractivity contribution >= 4 is 21.8 Å². The third-order valence-corrected chi connectivity index (χ3v) is 4.45. The predicted octanol–water partition coefficient (Wildman–Crippen LogP) is 0.917. The van der Waals surface area contributed by atoms with Crippen molar-refractivity contribution in [3.63, 3.8) is 0 Å². The number of amides is 1. The number of piperazine rings is 1. The second-order valence-electron chi connectivity index (χ2n) is 5.46. The molecule has 2 fully saturated rings. The molecule has 108 valence electrons. The molecule has 1 aromatic heterocycles. The highest BCUT2D eigenvalue weighted by molar-refractivity contribution is 9.10. The van der Waals surface area contributed by atoms with Gasteiger partial charge in [-0.1, -0.05) is 0 Å². The van der Waals surface area contributed by atoms with E-state index in [0.29, 0.717) is 0 Å². The Morgan fingerprint density at radius 2 is 1.90 bits per heavy atom. The van der Waals surface area contributed by atoms with Crippen LogP contribution in [-0.2, 0) is 11.3 Å². The molecule has 1 aromatic rings. The van der Waals surface area contributed by atoms with Gasteiger partial charge in [-0.2, -0.15) is 0 Å². The van der Waals surface area contributed by atoms with Crippen molar-refractivity contribution in [1.29, 1.82) is 0 Å². The third-order valence-electron chi connectivity index (χ3n) is 3.98. The number of carbonyl (C=O) groups excluding carboxylic acids is 1. The van der Waals surface area contributed by atoms with E-state index in [0.717, 1.165) is 36.7 Å². The summed E-state index contributed by atoms with van der Waals surface area (Å²) in [7, 11) is 0. The maximum atomic E-state index is 12.3. The van der Waals surface area contributed by atoms with Gasteiger partial charge in [-0.25, -0.2) is 0 Å². The van der Waals surface area contributed by atoms with Crippen molar-refractivity contribution in [3.8, 4) is 0 Å². The Bertz CT molecular complexity index is 560. The van der Waals surface area contributed by atoms with Gasteiger partial charge < -0.3 is 9.47 Å². The summed E-state index contributed by atoms with van der Waals surface area (Å²) in [6.45, 7) is 3.60. The monoisotopic (exact) mass is 339 g/mol. The van der Waals surface area contributed by atoms with E-state index in [1.54, 1.807) is 12.3 Å². The van der Waals surface area contributed by atoms with Gasteiger partial charge in [-0.05, 0) is 34.8 Å². The quantitative estimate of drug-likeness (QED) is 0.822. The summed E-state index contributed by atoms with van der Waals surface area (Å²) in [6.07, 6.45) is 4.28. The van der Waals surface area contributed by atoms with Crippen molar-refractivity contribution < 1.29 is 4.79 Å². The van der Waals surface area contributed by atoms with Crippen LogP contribution in [0.25, 0.3) is 0 Å². The van der Waals surface area contributed by atoms with Gasteiger partial charge in [-0.3, -0.25) is 14.5 Å². The fraction of sp³-hybridized carbons (Fsp3) is 0.571. The summed E-state index contributed by atoms with van der Waals surface area (Å²) in [5, 5.41) is 0. The average molecular weight is 340 g/mol. The molecule has 1 saturated heterocycles. The van der Waals surface area contributed by atoms with E-state index >= 15 is 0 Å². The minimum Gasteiger partial charge on any atom is -0.339 e. The fourth-order valence-corrected chi connectivity index (χ4v) is 3.03. The van der Waals surface area contributed by atoms with E-state index in [4.69, 9.17) is 0 Å². The lowest BCUT2D eigenvalue weighted by Crippen LogP contribution is -2.50. The molecule has 1 aliphatic heterocycles. The van der Waals surface area contributed by atoms with E-state index in [1.165, 1.54) is 23.5 Å². The van der Waals surface area contributed by atoms with Gasteiger partial charge in [0.25, 0.3) is 5.56 Å². The number of pyridine rings is 1. The zero-order chi connectivity index (χ0) is 14.1. The summed E-state index contributed by atoms with van der Waals surface area (Å²) >= 11 is 3.32. The average Bonchev–Trinajstić information content (AvgIpc) is 3.27. The summed E-state index contributed by atoms with van der Waals surface area (Å²) in [6, 6.07) is 3.93. The fourth-order valence-electron chi connectivity index (χ4n) is 2.65. The Hall–Kier alpha value is -1.14. The highest BCUT2D eigenvalue weighted by Crippen LogP contribution is 2.27. The molecule has 1 saturated carbocycles. The van der Waals surface area contributed by atoms with Crippen molar-refractivity contribution in [1.82, 2.24) is 14.4 Å². The number of hydrogen-bond donors (Lipinski definition) is 0. The molecule has 5 nitrogen and oxygen atoms in total. The molecule has 0 atom stereocenters. The van der Waals surface area contributed by atoms with Gasteiger partial charge in [0.1, 0.15) is 6.54 Å². The first kappa shape index (κ1) is 13.8. The van der Waals surface area contributed by atoms with Gasteiger partial charge in [0, 0.05) is 49.0 Å². The van der Waals surface area contributed by atoms with Crippen LogP contribution in [0.4, 0.5) is 0 Å². The lowest BCUT2D eigenvalue weighted by atomic mass is 10.3. The Morgan fingerprint density at radius 1 is 1.20 bits per heavy atom. The molecule has 0 aromatic carbocycles. The minimum absolute atomic E-state index is 0.0284. The third kappa shape index (κ3) is 3.12. The number of halogens is 1. The maximum absolute atomic E-state index is 12.3. The highest BCUT2D eigenvalue weighted by Gasteiger charge is 2.32. The van der Waals surface area contributed by atoms with Gasteiger partial charge in [0.05, 0.1) is 0 Å². The van der Waals surface area contributed by atoms with Crippen molar-refractivity contribution in [2.45, 2.75) is 25.4 Å². The molecule has 0 bridgehead atoms. The first-order valence-corrected chi connectivity index (χ1v) is 7.80. The molecular formula is C14H18BrN3O2. The molecule has 1 amide bonds. The number of nitrogens with zero attached hydrogens (tertiary/aromatic N) is 3. The summed E-state index contributed by atoms with van der Waals surface area (Å²) in [5.41, 5.74) is -0.141. The largest absolute Gasteiger partial charge is 0.339 e. The maximum Gasteiger partial charge on any atom is 0.251 e. The van der Waals surface area contributed by atoms with Crippen LogP contribution in [0, 0.1) is 0 Å². The molecular weight excluding hydrogens is 322 g/mol. The molecule has 0 spiro atoms. The van der Waals surface area contributed by atoms with Crippen molar-refractivity contribution in [3.05, 3.63) is 33.2 Å². The van der Waals surface area contributed by atoms with Crippen molar-refractivity contribution in [2.75, 3.05) is 26.2 Å². The topological polar surface area (TPSA) is 45.6 Å². The number of hydrogen-bond acceptors (Lipinski definition) is 3. The smallest absolute Gasteiger partial charge is 0.251 e. The normalized spacial score (nSPS) is 20.1. The molecule has 1 aliphatic carbocycles. The first-order valence-electron chi connectivity index (χ1n) is 7.01. The molecule has 2 aliphatic rings. The predicted molar refractivity (Wildman–Crippen MR) is 79.6 cm³/mol. The molecule has 2 heterocycles. The number of carbonyl (C=O) groups is 1. The Labute approximate surface area is 126 Å². The number of rotatable bonds is 3. The Kier molecular flexibility index (Phi) is 3.94. The zero-order valence-electron chi connectivity index (χ0n) is 11.3. The van der Waals surface area contributed by atoms with E-state index in [9.17, 15) is 9.59 Å². The SMILES string of the molecule is O=C(Cn1cc(Br)ccc1=O)N1CCN(C2CC2)CC1. The summed E-state index contributed by atoms with van der Waals surface area (Å²) in [5.74, 6) is 0.0284. The second-order valence-corrected chi connectivity index (χ2v) is 6.38. The lowest BCUT2D eigenvalue weighted by Gasteiger charge is -2.34. The molecule has 6 heteroatoms. The van der Waals surface area contributed by atoms with E-state index < -0.39 is 0 Å². The lowest BCUT2D eigenvalue weighted by molar-refractivity contribution is -0.133. The zero-order valence-corrected chi connectivity index (χ0v) is 12.9. The molecule has 20 heavy (non-hydrogen) atoms. The molecule has 0 radical (unpaired) electrons. The summed E-state index contributed by atoms with van der Waals surface area (Å²) in [4.78, 5) is 28.3. The van der Waals surface area contributed by atoms with Gasteiger partial charge in [0.2, 0.25) is 5.91 Å². The Balaban J connectivity index is 1.59. The van der Waals surface area contributed by atoms with Crippen LogP contribution in [0.3, 0.4) is 0 Å². The van der Waals surface area contributed by atoms with Crippen molar-refractivity contribution in [2.24, 2.45) is 0 Å². The highest BCUT2D eigenvalue weighted by atomic mass is 79.9. The van der Waals surface area contributed by atoms with E-state index in [-0.39, 0.29) is 18.0 Å². The van der Waals surface area contributed by atoms with Crippen LogP contribution in [0.15, 0.2) is 27.6 Å². The van der Waals surface area contributed by atoms with Gasteiger partial charge in [-0.15, -0.1) is 0 Å². The van der Waals surface area contributed by atoms with Crippen LogP contribution in [0.5, 0.6) is 0 Å². The molecule has 0 unspecified atom stereocenters. The van der Waals surface area contributed by atoms with Gasteiger partial charge >= 0.3 is 0 Å².